The molecular weight excluding hydrogens is 366 g/mol. The monoisotopic (exact) mass is 383 g/mol. The van der Waals surface area contributed by atoms with E-state index in [-0.39, 0.29) is 5.91 Å². The second-order valence-electron chi connectivity index (χ2n) is 5.60. The zero-order valence-electron chi connectivity index (χ0n) is 14.2. The van der Waals surface area contributed by atoms with Crippen molar-refractivity contribution in [3.63, 3.8) is 0 Å². The lowest BCUT2D eigenvalue weighted by Crippen LogP contribution is -2.13. The molecule has 3 aromatic carbocycles. The van der Waals surface area contributed by atoms with Crippen molar-refractivity contribution >= 4 is 35.0 Å². The van der Waals surface area contributed by atoms with Crippen molar-refractivity contribution in [3.8, 4) is 5.75 Å². The number of halogens is 1. The summed E-state index contributed by atoms with van der Waals surface area (Å²) in [5, 5.41) is 3.37. The third-order valence-corrected chi connectivity index (χ3v) is 5.08. The standard InChI is InChI=1S/C21H18ClNO2S/c1-25-20-12-9-16(22)13-19(20)21(24)23-17-10-7-15(8-11-17)14-26-18-5-3-2-4-6-18/h2-13H,14H2,1H3,(H,23,24). The van der Waals surface area contributed by atoms with Crippen molar-refractivity contribution in [1.82, 2.24) is 0 Å². The predicted molar refractivity (Wildman–Crippen MR) is 108 cm³/mol. The molecule has 0 saturated carbocycles. The topological polar surface area (TPSA) is 38.3 Å². The van der Waals surface area contributed by atoms with Gasteiger partial charge in [0.15, 0.2) is 0 Å². The molecule has 26 heavy (non-hydrogen) atoms. The van der Waals surface area contributed by atoms with Crippen LogP contribution in [0.4, 0.5) is 5.69 Å². The highest BCUT2D eigenvalue weighted by Crippen LogP contribution is 2.25. The highest BCUT2D eigenvalue weighted by molar-refractivity contribution is 7.98. The molecule has 0 aliphatic heterocycles. The van der Waals surface area contributed by atoms with E-state index in [0.29, 0.717) is 16.3 Å². The Kier molecular flexibility index (Phi) is 6.21. The van der Waals surface area contributed by atoms with E-state index in [9.17, 15) is 4.79 Å². The zero-order chi connectivity index (χ0) is 18.4. The maximum atomic E-state index is 12.5. The van der Waals surface area contributed by atoms with Crippen LogP contribution < -0.4 is 10.1 Å². The summed E-state index contributed by atoms with van der Waals surface area (Å²) in [7, 11) is 1.53. The largest absolute Gasteiger partial charge is 0.496 e. The highest BCUT2D eigenvalue weighted by atomic mass is 35.5. The second-order valence-corrected chi connectivity index (χ2v) is 7.08. The second kappa shape index (κ2) is 8.79. The van der Waals surface area contributed by atoms with E-state index >= 15 is 0 Å². The number of amides is 1. The molecule has 0 aliphatic carbocycles. The van der Waals surface area contributed by atoms with E-state index in [1.807, 2.05) is 42.5 Å². The number of benzene rings is 3. The van der Waals surface area contributed by atoms with E-state index in [0.717, 1.165) is 11.4 Å². The van der Waals surface area contributed by atoms with Gasteiger partial charge >= 0.3 is 0 Å². The van der Waals surface area contributed by atoms with Gasteiger partial charge in [0.25, 0.3) is 5.91 Å². The van der Waals surface area contributed by atoms with E-state index in [1.54, 1.807) is 30.0 Å². The SMILES string of the molecule is COc1ccc(Cl)cc1C(=O)Nc1ccc(CSc2ccccc2)cc1. The first kappa shape index (κ1) is 18.4. The Morgan fingerprint density at radius 1 is 1.04 bits per heavy atom. The summed E-state index contributed by atoms with van der Waals surface area (Å²) in [6, 6.07) is 23.1. The fourth-order valence-electron chi connectivity index (χ4n) is 2.42. The average molecular weight is 384 g/mol. The molecule has 3 aromatic rings. The van der Waals surface area contributed by atoms with Crippen molar-refractivity contribution in [2.75, 3.05) is 12.4 Å². The molecule has 0 heterocycles. The predicted octanol–water partition coefficient (Wildman–Crippen LogP) is 5.89. The van der Waals surface area contributed by atoms with Crippen LogP contribution in [0.1, 0.15) is 15.9 Å². The van der Waals surface area contributed by atoms with E-state index in [4.69, 9.17) is 16.3 Å². The first-order chi connectivity index (χ1) is 12.7. The molecule has 0 aromatic heterocycles. The highest BCUT2D eigenvalue weighted by Gasteiger charge is 2.13. The third kappa shape index (κ3) is 4.81. The summed E-state index contributed by atoms with van der Waals surface area (Å²) in [6.45, 7) is 0. The van der Waals surface area contributed by atoms with Gasteiger partial charge in [0.05, 0.1) is 12.7 Å². The number of anilines is 1. The molecular formula is C21H18ClNO2S. The van der Waals surface area contributed by atoms with Crippen LogP contribution in [-0.4, -0.2) is 13.0 Å². The van der Waals surface area contributed by atoms with Gasteiger partial charge in [0.1, 0.15) is 5.75 Å². The minimum Gasteiger partial charge on any atom is -0.496 e. The first-order valence-corrected chi connectivity index (χ1v) is 9.44. The van der Waals surface area contributed by atoms with Gasteiger partial charge in [-0.1, -0.05) is 41.9 Å². The maximum Gasteiger partial charge on any atom is 0.259 e. The molecule has 3 rings (SSSR count). The van der Waals surface area contributed by atoms with Gasteiger partial charge in [-0.2, -0.15) is 0 Å². The minimum absolute atomic E-state index is 0.254. The van der Waals surface area contributed by atoms with Crippen molar-refractivity contribution in [1.29, 1.82) is 0 Å². The van der Waals surface area contributed by atoms with Gasteiger partial charge < -0.3 is 10.1 Å². The molecule has 0 aliphatic rings. The number of carbonyl (C=O) groups excluding carboxylic acids is 1. The van der Waals surface area contributed by atoms with Crippen LogP contribution in [0.2, 0.25) is 5.02 Å². The van der Waals surface area contributed by atoms with Crippen LogP contribution in [0.3, 0.4) is 0 Å². The van der Waals surface area contributed by atoms with Gasteiger partial charge in [-0.15, -0.1) is 11.8 Å². The summed E-state index contributed by atoms with van der Waals surface area (Å²) >= 11 is 7.77. The number of thioether (sulfide) groups is 1. The Labute approximate surface area is 162 Å². The van der Waals surface area contributed by atoms with Gasteiger partial charge in [-0.25, -0.2) is 0 Å². The molecule has 1 N–H and O–H groups in total. The molecule has 5 heteroatoms. The van der Waals surface area contributed by atoms with Crippen molar-refractivity contribution in [2.45, 2.75) is 10.6 Å². The number of rotatable bonds is 6. The molecule has 132 valence electrons. The molecule has 0 unspecified atom stereocenters. The summed E-state index contributed by atoms with van der Waals surface area (Å²) in [5.74, 6) is 1.11. The molecule has 0 fully saturated rings. The quantitative estimate of drug-likeness (QED) is 0.539. The smallest absolute Gasteiger partial charge is 0.259 e. The normalized spacial score (nSPS) is 10.4. The maximum absolute atomic E-state index is 12.5. The van der Waals surface area contributed by atoms with Crippen LogP contribution in [0, 0.1) is 0 Å². The van der Waals surface area contributed by atoms with E-state index in [1.165, 1.54) is 17.6 Å². The van der Waals surface area contributed by atoms with Crippen LogP contribution in [0.25, 0.3) is 0 Å². The van der Waals surface area contributed by atoms with Gasteiger partial charge in [-0.3, -0.25) is 4.79 Å². The number of hydrogen-bond acceptors (Lipinski definition) is 3. The van der Waals surface area contributed by atoms with Crippen LogP contribution in [0.5, 0.6) is 5.75 Å². The fraction of sp³-hybridized carbons (Fsp3) is 0.0952. The molecule has 1 amide bonds. The lowest BCUT2D eigenvalue weighted by atomic mass is 10.1. The van der Waals surface area contributed by atoms with Crippen molar-refractivity contribution in [2.24, 2.45) is 0 Å². The Morgan fingerprint density at radius 2 is 1.77 bits per heavy atom. The third-order valence-electron chi connectivity index (χ3n) is 3.77. The fourth-order valence-corrected chi connectivity index (χ4v) is 3.47. The summed E-state index contributed by atoms with van der Waals surface area (Å²) < 4.78 is 5.23. The Bertz CT molecular complexity index is 882. The van der Waals surface area contributed by atoms with E-state index < -0.39 is 0 Å². The minimum atomic E-state index is -0.254. The molecule has 0 spiro atoms. The summed E-state index contributed by atoms with van der Waals surface area (Å²) in [5.41, 5.74) is 2.33. The lowest BCUT2D eigenvalue weighted by molar-refractivity contribution is 0.102. The summed E-state index contributed by atoms with van der Waals surface area (Å²) in [6.07, 6.45) is 0. The Balaban J connectivity index is 1.64. The van der Waals surface area contributed by atoms with Crippen LogP contribution >= 0.6 is 23.4 Å². The number of ether oxygens (including phenoxy) is 1. The van der Waals surface area contributed by atoms with Crippen LogP contribution in [0.15, 0.2) is 77.7 Å². The molecule has 0 radical (unpaired) electrons. The summed E-state index contributed by atoms with van der Waals surface area (Å²) in [4.78, 5) is 13.7. The Morgan fingerprint density at radius 3 is 2.46 bits per heavy atom. The first-order valence-electron chi connectivity index (χ1n) is 8.07. The molecule has 3 nitrogen and oxygen atoms in total. The van der Waals surface area contributed by atoms with Crippen molar-refractivity contribution < 1.29 is 9.53 Å². The van der Waals surface area contributed by atoms with Crippen molar-refractivity contribution in [3.05, 3.63) is 88.9 Å². The lowest BCUT2D eigenvalue weighted by Gasteiger charge is -2.10. The number of methoxy groups -OCH3 is 1. The number of carbonyl (C=O) groups is 1. The Hall–Kier alpha value is -2.43. The average Bonchev–Trinajstić information content (AvgIpc) is 2.68. The van der Waals surface area contributed by atoms with Gasteiger partial charge in [0.2, 0.25) is 0 Å². The van der Waals surface area contributed by atoms with Gasteiger partial charge in [0, 0.05) is 21.4 Å². The van der Waals surface area contributed by atoms with Crippen LogP contribution in [-0.2, 0) is 5.75 Å². The van der Waals surface area contributed by atoms with Gasteiger partial charge in [-0.05, 0) is 48.0 Å². The zero-order valence-corrected chi connectivity index (χ0v) is 15.8. The van der Waals surface area contributed by atoms with E-state index in [2.05, 4.69) is 17.4 Å². The molecule has 0 bridgehead atoms. The number of hydrogen-bond donors (Lipinski definition) is 1. The molecule has 0 atom stereocenters. The molecule has 0 saturated heterocycles. The number of nitrogens with one attached hydrogen (secondary N) is 1.